The Hall–Kier alpha value is 6.81. The average Bonchev–Trinajstić information content (AvgIpc) is 0. The van der Waals surface area contributed by atoms with Crippen molar-refractivity contribution in [1.29, 1.82) is 0 Å². The second kappa shape index (κ2) is 38.5. The van der Waals surface area contributed by atoms with Gasteiger partial charge in [0.25, 0.3) is 0 Å². The zero-order valence-corrected chi connectivity index (χ0v) is 21.5. The first kappa shape index (κ1) is 48.9. The van der Waals surface area contributed by atoms with Gasteiger partial charge in [-0.2, -0.15) is 0 Å². The molecular weight excluding hydrogens is 1210 g/mol. The molecule has 52 valence electrons. The number of hydrogen-bond donors (Lipinski definition) is 0. The molecule has 0 nitrogen and oxygen atoms in total. The molecule has 0 saturated heterocycles. The van der Waals surface area contributed by atoms with Crippen molar-refractivity contribution in [3.8, 4) is 0 Å². The maximum Gasteiger partial charge on any atom is 0 e. The third kappa shape index (κ3) is 32.3. The van der Waals surface area contributed by atoms with Gasteiger partial charge in [-0.05, 0) is 0 Å². The molecule has 0 N–H and O–H groups in total. The van der Waals surface area contributed by atoms with Gasteiger partial charge in [0, 0.05) is 207 Å². The summed E-state index contributed by atoms with van der Waals surface area (Å²) < 4.78 is 0. The van der Waals surface area contributed by atoms with Crippen LogP contribution >= 0.6 is 0 Å². The summed E-state index contributed by atoms with van der Waals surface area (Å²) in [6.07, 6.45) is 0. The maximum atomic E-state index is 0. The van der Waals surface area contributed by atoms with E-state index in [-0.39, 0.29) is 207 Å². The second-order valence-corrected chi connectivity index (χ2v) is 0. The predicted octanol–water partition coefficient (Wildman–Crippen LogP) is -0.0100. The third-order valence-electron chi connectivity index (χ3n) is 0. The number of hydrogen-bond acceptors (Lipinski definition) is 0. The van der Waals surface area contributed by atoms with Gasteiger partial charge in [-0.3, -0.25) is 0 Å². The summed E-state index contributed by atoms with van der Waals surface area (Å²) in [5, 5.41) is 0. The Labute approximate surface area is 200 Å². The van der Waals surface area contributed by atoms with Crippen LogP contribution in [0.2, 0.25) is 0 Å². The van der Waals surface area contributed by atoms with Crippen LogP contribution in [-0.2, 0) is 84.3 Å². The molecule has 0 aromatic carbocycles. The van der Waals surface area contributed by atoms with Gasteiger partial charge < -0.3 is 0 Å². The standard InChI is InChI=1S/3Nd.4Pt. The summed E-state index contributed by atoms with van der Waals surface area (Å²) in [6.45, 7) is 0. The summed E-state index contributed by atoms with van der Waals surface area (Å²) in [6, 6.07) is 0. The topological polar surface area (TPSA) is 0 Å². The van der Waals surface area contributed by atoms with Crippen molar-refractivity contribution in [2.75, 3.05) is 0 Å². The van der Waals surface area contributed by atoms with Crippen molar-refractivity contribution in [1.82, 2.24) is 0 Å². The summed E-state index contributed by atoms with van der Waals surface area (Å²) in [7, 11) is 0. The molecule has 7 heteroatoms. The zero-order valence-electron chi connectivity index (χ0n) is 2.76. The van der Waals surface area contributed by atoms with E-state index in [0.717, 1.165) is 0 Å². The smallest absolute Gasteiger partial charge is 0 e. The fraction of sp³-hybridized carbons (Fsp3) is 0. The van der Waals surface area contributed by atoms with E-state index in [0.29, 0.717) is 0 Å². The fourth-order valence-electron chi connectivity index (χ4n) is 0. The second-order valence-electron chi connectivity index (χ2n) is 0. The minimum Gasteiger partial charge on any atom is 0 e. The molecule has 0 amide bonds. The minimum atomic E-state index is 0. The molecule has 0 aliphatic heterocycles. The number of rotatable bonds is 0. The summed E-state index contributed by atoms with van der Waals surface area (Å²) in [5.74, 6) is 0. The monoisotopic (exact) mass is 1210 g/mol. The molecule has 0 aliphatic rings. The summed E-state index contributed by atoms with van der Waals surface area (Å²) >= 11 is 0. The van der Waals surface area contributed by atoms with E-state index in [9.17, 15) is 0 Å². The van der Waals surface area contributed by atoms with E-state index < -0.39 is 0 Å². The molecule has 0 aromatic heterocycles. The first-order valence-corrected chi connectivity index (χ1v) is 0. The predicted molar refractivity (Wildman–Crippen MR) is 0 cm³/mol. The SMILES string of the molecule is [Nd].[Nd].[Nd].[Pt].[Pt].[Pt].[Pt]. The van der Waals surface area contributed by atoms with Crippen molar-refractivity contribution < 1.29 is 207 Å². The van der Waals surface area contributed by atoms with Gasteiger partial charge in [0.1, 0.15) is 0 Å². The fourth-order valence-corrected chi connectivity index (χ4v) is 0. The molecule has 0 spiro atoms. The molecule has 0 saturated carbocycles. The maximum absolute atomic E-state index is 0. The molecular formula is Nd3Pt4. The van der Waals surface area contributed by atoms with Crippen LogP contribution in [0, 0.1) is 123 Å². The summed E-state index contributed by atoms with van der Waals surface area (Å²) in [4.78, 5) is 0. The van der Waals surface area contributed by atoms with E-state index >= 15 is 0 Å². The molecule has 0 aliphatic carbocycles. The zero-order chi connectivity index (χ0) is 0. The van der Waals surface area contributed by atoms with Crippen molar-refractivity contribution in [3.05, 3.63) is 0 Å². The van der Waals surface area contributed by atoms with E-state index in [1.165, 1.54) is 0 Å². The van der Waals surface area contributed by atoms with Crippen molar-refractivity contribution >= 4 is 0 Å². The molecule has 0 fully saturated rings. The largest absolute Gasteiger partial charge is 0 e. The Morgan fingerprint density at radius 3 is 0.286 bits per heavy atom. The van der Waals surface area contributed by atoms with E-state index in [2.05, 4.69) is 0 Å². The van der Waals surface area contributed by atoms with Gasteiger partial charge in [0.2, 0.25) is 0 Å². The first-order chi connectivity index (χ1) is 0. The van der Waals surface area contributed by atoms with E-state index in [1.807, 2.05) is 0 Å². The van der Waals surface area contributed by atoms with Crippen LogP contribution in [0.15, 0.2) is 0 Å². The molecule has 0 rings (SSSR count). The third-order valence-corrected chi connectivity index (χ3v) is 0. The van der Waals surface area contributed by atoms with Crippen LogP contribution in [-0.4, -0.2) is 0 Å². The van der Waals surface area contributed by atoms with Crippen LogP contribution in [0.4, 0.5) is 0 Å². The Kier molecular flexibility index (Phi) is 269. The van der Waals surface area contributed by atoms with Crippen LogP contribution in [0.1, 0.15) is 0 Å². The van der Waals surface area contributed by atoms with Crippen LogP contribution in [0.5, 0.6) is 0 Å². The molecule has 0 bridgehead atoms. The minimum absolute atomic E-state index is 0. The Morgan fingerprint density at radius 1 is 0.286 bits per heavy atom. The molecule has 0 atom stereocenters. The van der Waals surface area contributed by atoms with Crippen LogP contribution < -0.4 is 0 Å². The van der Waals surface area contributed by atoms with Crippen molar-refractivity contribution in [3.63, 3.8) is 0 Å². The summed E-state index contributed by atoms with van der Waals surface area (Å²) in [5.41, 5.74) is 0. The molecule has 0 heterocycles. The van der Waals surface area contributed by atoms with Gasteiger partial charge >= 0.3 is 0 Å². The van der Waals surface area contributed by atoms with E-state index in [1.54, 1.807) is 0 Å². The van der Waals surface area contributed by atoms with Crippen LogP contribution in [0.3, 0.4) is 0 Å². The average molecular weight is 1210 g/mol. The van der Waals surface area contributed by atoms with Crippen molar-refractivity contribution in [2.45, 2.75) is 0 Å². The molecule has 0 unspecified atom stereocenters. The molecule has 0 radical (unpaired) electrons. The first-order valence-electron chi connectivity index (χ1n) is 0. The van der Waals surface area contributed by atoms with Gasteiger partial charge in [0.15, 0.2) is 0 Å². The normalized spacial score (nSPS) is 0. The quantitative estimate of drug-likeness (QED) is 0.321. The Morgan fingerprint density at radius 2 is 0.286 bits per heavy atom. The van der Waals surface area contributed by atoms with Gasteiger partial charge in [0.05, 0.1) is 0 Å². The van der Waals surface area contributed by atoms with E-state index in [4.69, 9.17) is 0 Å². The van der Waals surface area contributed by atoms with Gasteiger partial charge in [-0.25, -0.2) is 0 Å². The van der Waals surface area contributed by atoms with Crippen molar-refractivity contribution in [2.24, 2.45) is 0 Å². The van der Waals surface area contributed by atoms with Gasteiger partial charge in [-0.15, -0.1) is 0 Å². The van der Waals surface area contributed by atoms with Crippen LogP contribution in [0.25, 0.3) is 0 Å². The Bertz CT molecular complexity index is 6.90. The van der Waals surface area contributed by atoms with Gasteiger partial charge in [-0.1, -0.05) is 0 Å². The molecule has 0 aromatic rings. The molecule has 7 heavy (non-hydrogen) atoms. The Balaban J connectivity index is 0.